The summed E-state index contributed by atoms with van der Waals surface area (Å²) in [7, 11) is 0. The number of carbonyl (C=O) groups is 1. The van der Waals surface area contributed by atoms with Crippen molar-refractivity contribution in [3.63, 3.8) is 0 Å². The number of carbonyl (C=O) groups excluding carboxylic acids is 1. The van der Waals surface area contributed by atoms with Gasteiger partial charge in [0.1, 0.15) is 11.5 Å². The van der Waals surface area contributed by atoms with Crippen LogP contribution in [0.4, 0.5) is 18.9 Å². The van der Waals surface area contributed by atoms with Crippen LogP contribution >= 0.6 is 0 Å². The monoisotopic (exact) mass is 496 g/mol. The lowest BCUT2D eigenvalue weighted by Gasteiger charge is -2.16. The molecule has 1 aromatic heterocycles. The average molecular weight is 497 g/mol. The molecule has 2 saturated carbocycles. The summed E-state index contributed by atoms with van der Waals surface area (Å²) in [5, 5.41) is 11.0. The second-order valence-electron chi connectivity index (χ2n) is 8.90. The van der Waals surface area contributed by atoms with Gasteiger partial charge in [-0.3, -0.25) is 9.59 Å². The predicted molar refractivity (Wildman–Crippen MR) is 125 cm³/mol. The van der Waals surface area contributed by atoms with Crippen molar-refractivity contribution in [1.82, 2.24) is 4.98 Å². The van der Waals surface area contributed by atoms with Crippen molar-refractivity contribution in [1.29, 1.82) is 0 Å². The highest BCUT2D eigenvalue weighted by Crippen LogP contribution is 2.31. The van der Waals surface area contributed by atoms with E-state index < -0.39 is 23.6 Å². The van der Waals surface area contributed by atoms with Crippen LogP contribution in [0, 0.1) is 11.8 Å². The number of pyridine rings is 1. The first kappa shape index (κ1) is 26.6. The third-order valence-electron chi connectivity index (χ3n) is 6.14. The van der Waals surface area contributed by atoms with Crippen LogP contribution in [0.1, 0.15) is 61.7 Å². The zero-order valence-electron chi connectivity index (χ0n) is 19.4. The highest BCUT2D eigenvalue weighted by atomic mass is 19.4. The number of rotatable bonds is 7. The van der Waals surface area contributed by atoms with E-state index in [0.29, 0.717) is 25.0 Å². The molecule has 7 nitrogen and oxygen atoms in total. The van der Waals surface area contributed by atoms with Crippen LogP contribution in [0.25, 0.3) is 0 Å². The van der Waals surface area contributed by atoms with Gasteiger partial charge >= 0.3 is 6.36 Å². The number of halogens is 3. The van der Waals surface area contributed by atoms with Crippen LogP contribution in [0.3, 0.4) is 0 Å². The molecule has 0 bridgehead atoms. The SMILES string of the molecule is O=C(Nc1cc[nH]c(=O)c1)c1cc(OC(F)(F)F)ccc1OCC1CCCC1.OCC1CCCC1. The molecule has 0 spiro atoms. The number of aromatic amines is 1. The standard InChI is InChI=1S/C19H19F3N2O4.C6H12O/c20-19(21,22)28-14-5-6-16(27-11-12-3-1-2-4-12)15(10-14)18(26)24-13-7-8-23-17(25)9-13;7-5-6-3-1-2-4-6/h5-10,12H,1-4,11H2,(H2,23,24,25,26);6-7H,1-5H2. The number of anilines is 1. The number of hydrogen-bond acceptors (Lipinski definition) is 5. The van der Waals surface area contributed by atoms with Crippen molar-refractivity contribution < 1.29 is 32.5 Å². The first-order chi connectivity index (χ1) is 16.7. The maximum absolute atomic E-state index is 12.6. The molecule has 2 aliphatic rings. The number of aromatic nitrogens is 1. The van der Waals surface area contributed by atoms with Gasteiger partial charge < -0.3 is 24.9 Å². The van der Waals surface area contributed by atoms with Crippen LogP contribution in [0.15, 0.2) is 41.3 Å². The van der Waals surface area contributed by atoms with Gasteiger partial charge in [0.15, 0.2) is 0 Å². The minimum absolute atomic E-state index is 0.111. The molecule has 35 heavy (non-hydrogen) atoms. The summed E-state index contributed by atoms with van der Waals surface area (Å²) in [6.07, 6.45) is 5.92. The van der Waals surface area contributed by atoms with Gasteiger partial charge in [-0.25, -0.2) is 0 Å². The molecule has 0 aliphatic heterocycles. The third-order valence-corrected chi connectivity index (χ3v) is 6.14. The Bertz CT molecular complexity index is 1010. The Labute approximate surface area is 201 Å². The molecule has 0 saturated heterocycles. The summed E-state index contributed by atoms with van der Waals surface area (Å²) in [4.78, 5) is 26.4. The van der Waals surface area contributed by atoms with Crippen LogP contribution in [0.2, 0.25) is 0 Å². The topological polar surface area (TPSA) is 101 Å². The fraction of sp³-hybridized carbons (Fsp3) is 0.520. The van der Waals surface area contributed by atoms with Gasteiger partial charge in [-0.1, -0.05) is 25.7 Å². The molecule has 1 aromatic carbocycles. The highest BCUT2D eigenvalue weighted by Gasteiger charge is 2.32. The van der Waals surface area contributed by atoms with E-state index in [0.717, 1.165) is 43.9 Å². The Hall–Kier alpha value is -3.01. The van der Waals surface area contributed by atoms with Gasteiger partial charge in [0.2, 0.25) is 5.56 Å². The Balaban J connectivity index is 0.000000420. The first-order valence-corrected chi connectivity index (χ1v) is 11.9. The Morgan fingerprint density at radius 1 is 1.03 bits per heavy atom. The second kappa shape index (κ2) is 12.6. The lowest BCUT2D eigenvalue weighted by Crippen LogP contribution is -2.19. The number of ether oxygens (including phenoxy) is 2. The van der Waals surface area contributed by atoms with Gasteiger partial charge in [-0.2, -0.15) is 0 Å². The zero-order chi connectivity index (χ0) is 25.3. The molecular formula is C25H31F3N2O5. The van der Waals surface area contributed by atoms with E-state index in [1.54, 1.807) is 0 Å². The molecule has 0 unspecified atom stereocenters. The first-order valence-electron chi connectivity index (χ1n) is 11.9. The number of aliphatic hydroxyl groups excluding tert-OH is 1. The fourth-order valence-electron chi connectivity index (χ4n) is 4.31. The molecule has 192 valence electrons. The van der Waals surface area contributed by atoms with Crippen molar-refractivity contribution in [3.05, 3.63) is 52.4 Å². The number of H-pyrrole nitrogens is 1. The van der Waals surface area contributed by atoms with Crippen molar-refractivity contribution in [3.8, 4) is 11.5 Å². The van der Waals surface area contributed by atoms with Crippen molar-refractivity contribution in [2.24, 2.45) is 11.8 Å². The average Bonchev–Trinajstić information content (AvgIpc) is 3.52. The molecular weight excluding hydrogens is 465 g/mol. The van der Waals surface area contributed by atoms with Gasteiger partial charge in [0, 0.05) is 24.6 Å². The largest absolute Gasteiger partial charge is 0.573 e. The van der Waals surface area contributed by atoms with Gasteiger partial charge in [0.25, 0.3) is 5.91 Å². The maximum atomic E-state index is 12.6. The molecule has 10 heteroatoms. The third kappa shape index (κ3) is 8.93. The van der Waals surface area contributed by atoms with E-state index in [4.69, 9.17) is 9.84 Å². The molecule has 2 fully saturated rings. The smallest absolute Gasteiger partial charge is 0.492 e. The van der Waals surface area contributed by atoms with E-state index in [9.17, 15) is 22.8 Å². The van der Waals surface area contributed by atoms with E-state index in [1.165, 1.54) is 44.0 Å². The lowest BCUT2D eigenvalue weighted by molar-refractivity contribution is -0.274. The summed E-state index contributed by atoms with van der Waals surface area (Å²) in [5.74, 6) is -0.0742. The van der Waals surface area contributed by atoms with E-state index in [1.807, 2.05) is 0 Å². The van der Waals surface area contributed by atoms with Gasteiger partial charge in [0.05, 0.1) is 12.2 Å². The molecule has 4 rings (SSSR count). The highest BCUT2D eigenvalue weighted by molar-refractivity contribution is 6.06. The zero-order valence-corrected chi connectivity index (χ0v) is 19.4. The Morgan fingerprint density at radius 2 is 1.69 bits per heavy atom. The van der Waals surface area contributed by atoms with Gasteiger partial charge in [-0.05, 0) is 61.8 Å². The molecule has 0 atom stereocenters. The molecule has 0 radical (unpaired) electrons. The second-order valence-corrected chi connectivity index (χ2v) is 8.90. The van der Waals surface area contributed by atoms with Crippen LogP contribution in [-0.2, 0) is 0 Å². The normalized spacial score (nSPS) is 16.5. The summed E-state index contributed by atoms with van der Waals surface area (Å²) in [6.45, 7) is 0.796. The molecule has 1 amide bonds. The maximum Gasteiger partial charge on any atom is 0.573 e. The number of hydrogen-bond donors (Lipinski definition) is 3. The number of amides is 1. The van der Waals surface area contributed by atoms with Crippen molar-refractivity contribution in [2.75, 3.05) is 18.5 Å². The fourth-order valence-corrected chi connectivity index (χ4v) is 4.31. The van der Waals surface area contributed by atoms with Crippen LogP contribution < -0.4 is 20.3 Å². The van der Waals surface area contributed by atoms with Crippen LogP contribution in [0.5, 0.6) is 11.5 Å². The Kier molecular flexibility index (Phi) is 9.59. The Morgan fingerprint density at radius 3 is 2.26 bits per heavy atom. The summed E-state index contributed by atoms with van der Waals surface area (Å²) >= 11 is 0. The lowest BCUT2D eigenvalue weighted by atomic mass is 10.1. The summed E-state index contributed by atoms with van der Waals surface area (Å²) in [6, 6.07) is 5.96. The molecule has 3 N–H and O–H groups in total. The number of nitrogens with one attached hydrogen (secondary N) is 2. The minimum Gasteiger partial charge on any atom is -0.492 e. The van der Waals surface area contributed by atoms with Crippen molar-refractivity contribution >= 4 is 11.6 Å². The number of alkyl halides is 3. The summed E-state index contributed by atoms with van der Waals surface area (Å²) in [5.41, 5.74) is -0.331. The minimum atomic E-state index is -4.88. The van der Waals surface area contributed by atoms with Gasteiger partial charge in [-0.15, -0.1) is 13.2 Å². The van der Waals surface area contributed by atoms with E-state index in [2.05, 4.69) is 15.0 Å². The quantitative estimate of drug-likeness (QED) is 0.485. The molecule has 1 heterocycles. The van der Waals surface area contributed by atoms with Crippen LogP contribution in [-0.4, -0.2) is 35.6 Å². The van der Waals surface area contributed by atoms with E-state index in [-0.39, 0.29) is 17.0 Å². The number of aliphatic hydroxyl groups is 1. The summed E-state index contributed by atoms with van der Waals surface area (Å²) < 4.78 is 47.2. The van der Waals surface area contributed by atoms with E-state index >= 15 is 0 Å². The molecule has 2 aromatic rings. The predicted octanol–water partition coefficient (Wildman–Crippen LogP) is 5.26. The molecule has 2 aliphatic carbocycles. The van der Waals surface area contributed by atoms with Crippen molar-refractivity contribution in [2.45, 2.75) is 57.7 Å². The number of benzene rings is 1.